The monoisotopic (exact) mass is 645 g/mol. The van der Waals surface area contributed by atoms with Gasteiger partial charge in [0.2, 0.25) is 5.88 Å². The molecule has 9 nitrogen and oxygen atoms in total. The van der Waals surface area contributed by atoms with E-state index in [2.05, 4.69) is 25.6 Å². The highest BCUT2D eigenvalue weighted by Gasteiger charge is 2.44. The number of carbonyl (C=O) groups excluding carboxylic acids is 1. The van der Waals surface area contributed by atoms with Crippen LogP contribution in [0.3, 0.4) is 0 Å². The molecule has 4 aromatic carbocycles. The molecular weight excluding hydrogens is 611 g/mol. The molecule has 0 bridgehead atoms. The normalized spacial score (nSPS) is 18.8. The van der Waals surface area contributed by atoms with Gasteiger partial charge in [-0.2, -0.15) is 5.10 Å². The summed E-state index contributed by atoms with van der Waals surface area (Å²) in [7, 11) is -3.87. The lowest BCUT2D eigenvalue weighted by atomic mass is 9.76. The number of carbonyl (C=O) groups is 1. The fraction of sp³-hybridized carbons (Fsp3) is 0.243. The Morgan fingerprint density at radius 3 is 1.91 bits per heavy atom. The van der Waals surface area contributed by atoms with E-state index in [0.29, 0.717) is 0 Å². The zero-order valence-corrected chi connectivity index (χ0v) is 26.8. The van der Waals surface area contributed by atoms with Crippen molar-refractivity contribution >= 4 is 21.6 Å². The van der Waals surface area contributed by atoms with E-state index in [4.69, 9.17) is 4.74 Å². The van der Waals surface area contributed by atoms with Crippen molar-refractivity contribution in [2.75, 3.05) is 11.9 Å². The summed E-state index contributed by atoms with van der Waals surface area (Å²) >= 11 is 0. The van der Waals surface area contributed by atoms with E-state index in [-0.39, 0.29) is 23.9 Å². The van der Waals surface area contributed by atoms with Crippen LogP contribution in [-0.2, 0) is 47.7 Å². The van der Waals surface area contributed by atoms with Crippen molar-refractivity contribution in [2.45, 2.75) is 55.2 Å². The van der Waals surface area contributed by atoms with E-state index in [9.17, 15) is 9.90 Å². The van der Waals surface area contributed by atoms with Gasteiger partial charge in [0.25, 0.3) is 0 Å². The van der Waals surface area contributed by atoms with Crippen LogP contribution in [0.4, 0.5) is 10.5 Å². The molecule has 0 radical (unpaired) electrons. The van der Waals surface area contributed by atoms with Crippen LogP contribution >= 0.6 is 0 Å². The zero-order valence-electron chi connectivity index (χ0n) is 26.0. The number of aromatic nitrogens is 2. The third-order valence-electron chi connectivity index (χ3n) is 9.59. The number of nitrogens with zero attached hydrogens (tertiary/aromatic N) is 3. The molecular formula is C37H35N5O4S. The van der Waals surface area contributed by atoms with Crippen molar-refractivity contribution < 1.29 is 18.8 Å². The van der Waals surface area contributed by atoms with E-state index in [1.807, 2.05) is 91.0 Å². The van der Waals surface area contributed by atoms with Crippen LogP contribution in [0.25, 0.3) is 0 Å². The maximum atomic E-state index is 15.8. The fourth-order valence-electron chi connectivity index (χ4n) is 6.97. The average molecular weight is 646 g/mol. The summed E-state index contributed by atoms with van der Waals surface area (Å²) in [6, 6.07) is 30.7. The van der Waals surface area contributed by atoms with Gasteiger partial charge in [-0.15, -0.1) is 4.36 Å². The maximum absolute atomic E-state index is 15.8. The molecule has 0 saturated heterocycles. The molecule has 3 aliphatic rings. The van der Waals surface area contributed by atoms with Gasteiger partial charge in [-0.25, -0.2) is 18.4 Å². The molecule has 2 atom stereocenters. The number of benzene rings is 4. The molecule has 2 heterocycles. The van der Waals surface area contributed by atoms with Crippen LogP contribution in [0.15, 0.2) is 113 Å². The molecule has 0 fully saturated rings. The first-order valence-corrected chi connectivity index (χ1v) is 17.4. The maximum Gasteiger partial charge on any atom is 0.354 e. The highest BCUT2D eigenvalue weighted by atomic mass is 32.2. The van der Waals surface area contributed by atoms with E-state index >= 15 is 4.21 Å². The van der Waals surface area contributed by atoms with Crippen LogP contribution in [0.2, 0.25) is 0 Å². The van der Waals surface area contributed by atoms with Crippen LogP contribution in [-0.4, -0.2) is 37.3 Å². The summed E-state index contributed by atoms with van der Waals surface area (Å²) in [6.45, 7) is 1.75. The molecule has 1 aliphatic heterocycles. The van der Waals surface area contributed by atoms with Crippen molar-refractivity contribution in [2.24, 2.45) is 4.36 Å². The summed E-state index contributed by atoms with van der Waals surface area (Å²) in [5.74, 6) is 0.201. The molecule has 5 aromatic rings. The number of urea groups is 1. The number of ether oxygens (including phenoxy) is 1. The SMILES string of the molecule is C[C@]1(CO)Cn2ncc(S(=O)(=NC(=O)Nc3c4c(cc5c3CC5)CC4)NC(c3ccccc3)(c3ccccc3)c3ccccc3)c2O1. The summed E-state index contributed by atoms with van der Waals surface area (Å²) in [6.07, 6.45) is 5.19. The minimum absolute atomic E-state index is 0.131. The number of amides is 2. The largest absolute Gasteiger partial charge is 0.466 e. The lowest BCUT2D eigenvalue weighted by Gasteiger charge is -2.37. The zero-order chi connectivity index (χ0) is 32.2. The Morgan fingerprint density at radius 2 is 1.45 bits per heavy atom. The molecule has 1 aromatic heterocycles. The summed E-state index contributed by atoms with van der Waals surface area (Å²) in [5, 5.41) is 17.7. The van der Waals surface area contributed by atoms with Crippen molar-refractivity contribution in [3.63, 3.8) is 0 Å². The Balaban J connectivity index is 1.34. The van der Waals surface area contributed by atoms with Crippen LogP contribution in [0, 0.1) is 0 Å². The second-order valence-corrected chi connectivity index (χ2v) is 14.6. The van der Waals surface area contributed by atoms with Gasteiger partial charge >= 0.3 is 6.03 Å². The first kappa shape index (κ1) is 29.6. The molecule has 2 amide bonds. The van der Waals surface area contributed by atoms with Crippen molar-refractivity contribution in [3.05, 3.63) is 142 Å². The second-order valence-electron chi connectivity index (χ2n) is 12.7. The van der Waals surface area contributed by atoms with Gasteiger partial charge in [-0.05, 0) is 71.6 Å². The van der Waals surface area contributed by atoms with Crippen LogP contribution in [0.1, 0.15) is 45.9 Å². The van der Waals surface area contributed by atoms with Gasteiger partial charge in [0.1, 0.15) is 10.4 Å². The summed E-state index contributed by atoms with van der Waals surface area (Å²) in [5.41, 5.74) is 5.78. The van der Waals surface area contributed by atoms with Crippen molar-refractivity contribution in [1.82, 2.24) is 14.5 Å². The number of nitrogens with one attached hydrogen (secondary N) is 2. The Labute approximate surface area is 273 Å². The molecule has 0 spiro atoms. The van der Waals surface area contributed by atoms with Gasteiger partial charge in [0.15, 0.2) is 15.5 Å². The first-order chi connectivity index (χ1) is 22.8. The van der Waals surface area contributed by atoms with Gasteiger partial charge in [0.05, 0.1) is 19.3 Å². The standard InChI is InChI=1S/C37H35N5O4S/c1-36(24-43)23-42-34(46-36)32(22-38-42)47(45,40-35(44)39-33-30-19-17-25(30)21-26-18-20-31(26)33)41-37(27-11-5-2-6-12-27,28-13-7-3-8-14-28)29-15-9-4-10-16-29/h2-16,21-22,43H,17-20,23-24H2,1H3,(H2,39,40,41,44,45)/t36-,47?/m1/s1. The predicted octanol–water partition coefficient (Wildman–Crippen LogP) is 5.78. The Kier molecular flexibility index (Phi) is 7.05. The topological polar surface area (TPSA) is 118 Å². The Hall–Kier alpha value is -4.77. The molecule has 1 unspecified atom stereocenters. The quantitative estimate of drug-likeness (QED) is 0.185. The number of rotatable bonds is 8. The predicted molar refractivity (Wildman–Crippen MR) is 180 cm³/mol. The Morgan fingerprint density at radius 1 is 0.915 bits per heavy atom. The molecule has 238 valence electrons. The number of fused-ring (bicyclic) bond motifs is 3. The van der Waals surface area contributed by atoms with Crippen LogP contribution < -0.4 is 14.8 Å². The van der Waals surface area contributed by atoms with E-state index in [0.717, 1.165) is 59.2 Å². The third kappa shape index (κ3) is 4.86. The van der Waals surface area contributed by atoms with Gasteiger partial charge < -0.3 is 15.2 Å². The summed E-state index contributed by atoms with van der Waals surface area (Å²) < 4.78 is 31.6. The van der Waals surface area contributed by atoms with E-state index in [1.165, 1.54) is 17.3 Å². The van der Waals surface area contributed by atoms with Gasteiger partial charge in [-0.3, -0.25) is 0 Å². The average Bonchev–Trinajstić information content (AvgIpc) is 3.60. The molecule has 47 heavy (non-hydrogen) atoms. The fourth-order valence-corrected chi connectivity index (χ4v) is 8.85. The molecule has 8 rings (SSSR count). The highest BCUT2D eigenvalue weighted by molar-refractivity contribution is 7.92. The van der Waals surface area contributed by atoms with Gasteiger partial charge in [0, 0.05) is 5.69 Å². The second kappa shape index (κ2) is 11.2. The minimum atomic E-state index is -3.87. The smallest absolute Gasteiger partial charge is 0.354 e. The van der Waals surface area contributed by atoms with E-state index < -0.39 is 27.1 Å². The molecule has 2 aliphatic carbocycles. The summed E-state index contributed by atoms with van der Waals surface area (Å²) in [4.78, 5) is 14.2. The van der Waals surface area contributed by atoms with E-state index in [1.54, 1.807) is 11.6 Å². The number of anilines is 1. The first-order valence-electron chi connectivity index (χ1n) is 15.9. The van der Waals surface area contributed by atoms with Crippen molar-refractivity contribution in [3.8, 4) is 5.88 Å². The number of hydrogen-bond acceptors (Lipinski definition) is 5. The third-order valence-corrected chi connectivity index (χ3v) is 11.5. The number of aliphatic hydroxyl groups is 1. The van der Waals surface area contributed by atoms with Crippen molar-refractivity contribution in [1.29, 1.82) is 0 Å². The lowest BCUT2D eigenvalue weighted by molar-refractivity contribution is 0.0399. The highest BCUT2D eigenvalue weighted by Crippen LogP contribution is 2.43. The molecule has 3 N–H and O–H groups in total. The number of hydrogen-bond donors (Lipinski definition) is 3. The Bertz CT molecular complexity index is 2000. The lowest BCUT2D eigenvalue weighted by Crippen LogP contribution is -2.48. The number of aliphatic hydroxyl groups excluding tert-OH is 1. The molecule has 0 saturated carbocycles. The minimum Gasteiger partial charge on any atom is -0.466 e. The van der Waals surface area contributed by atoms with Gasteiger partial charge in [-0.1, -0.05) is 97.1 Å². The number of aryl methyl sites for hydroxylation is 2. The molecule has 10 heteroatoms. The van der Waals surface area contributed by atoms with Crippen LogP contribution in [0.5, 0.6) is 5.88 Å².